The van der Waals surface area contributed by atoms with Crippen LogP contribution in [0.15, 0.2) is 17.5 Å². The van der Waals surface area contributed by atoms with Crippen molar-refractivity contribution >= 4 is 17.3 Å². The summed E-state index contributed by atoms with van der Waals surface area (Å²) < 4.78 is 1.92. The first-order valence-corrected chi connectivity index (χ1v) is 4.91. The van der Waals surface area contributed by atoms with Crippen LogP contribution in [0.5, 0.6) is 0 Å². The molecule has 0 saturated heterocycles. The predicted octanol–water partition coefficient (Wildman–Crippen LogP) is 2.04. The highest BCUT2D eigenvalue weighted by Gasteiger charge is 2.11. The average Bonchev–Trinajstić information content (AvgIpc) is 2.63. The van der Waals surface area contributed by atoms with Gasteiger partial charge in [-0.2, -0.15) is 0 Å². The molecule has 0 atom stereocenters. The van der Waals surface area contributed by atoms with Gasteiger partial charge in [0.25, 0.3) is 0 Å². The SMILES string of the molecule is Cc1nc(N)n(C)c1-c1cccs1. The minimum absolute atomic E-state index is 0.570. The smallest absolute Gasteiger partial charge is 0.200 e. The van der Waals surface area contributed by atoms with Gasteiger partial charge in [0.15, 0.2) is 0 Å². The van der Waals surface area contributed by atoms with Crippen molar-refractivity contribution in [3.8, 4) is 10.6 Å². The number of rotatable bonds is 1. The molecule has 2 aromatic heterocycles. The maximum atomic E-state index is 5.70. The second kappa shape index (κ2) is 2.88. The number of aryl methyl sites for hydroxylation is 1. The molecule has 0 aliphatic rings. The van der Waals surface area contributed by atoms with Crippen LogP contribution in [0.3, 0.4) is 0 Å². The number of hydrogen-bond donors (Lipinski definition) is 1. The van der Waals surface area contributed by atoms with Gasteiger partial charge in [-0.15, -0.1) is 11.3 Å². The van der Waals surface area contributed by atoms with Gasteiger partial charge < -0.3 is 10.3 Å². The van der Waals surface area contributed by atoms with E-state index in [-0.39, 0.29) is 0 Å². The Morgan fingerprint density at radius 2 is 2.31 bits per heavy atom. The Balaban J connectivity index is 2.64. The fourth-order valence-electron chi connectivity index (χ4n) is 1.41. The van der Waals surface area contributed by atoms with Gasteiger partial charge >= 0.3 is 0 Å². The molecule has 13 heavy (non-hydrogen) atoms. The van der Waals surface area contributed by atoms with Gasteiger partial charge in [0.1, 0.15) is 0 Å². The third-order valence-corrected chi connectivity index (χ3v) is 2.94. The van der Waals surface area contributed by atoms with Gasteiger partial charge in [-0.05, 0) is 18.4 Å². The normalized spacial score (nSPS) is 10.6. The Labute approximate surface area is 80.8 Å². The van der Waals surface area contributed by atoms with Gasteiger partial charge in [-0.1, -0.05) is 6.07 Å². The number of thiophene rings is 1. The summed E-state index contributed by atoms with van der Waals surface area (Å²) in [6.45, 7) is 1.98. The van der Waals surface area contributed by atoms with Gasteiger partial charge in [-0.25, -0.2) is 4.98 Å². The fourth-order valence-corrected chi connectivity index (χ4v) is 2.27. The van der Waals surface area contributed by atoms with E-state index >= 15 is 0 Å². The molecule has 3 nitrogen and oxygen atoms in total. The van der Waals surface area contributed by atoms with E-state index in [0.717, 1.165) is 11.4 Å². The van der Waals surface area contributed by atoms with Crippen LogP contribution in [0.2, 0.25) is 0 Å². The minimum atomic E-state index is 0.570. The van der Waals surface area contributed by atoms with Crippen LogP contribution in [0.25, 0.3) is 10.6 Å². The molecule has 0 radical (unpaired) electrons. The molecule has 0 amide bonds. The second-order valence-corrected chi connectivity index (χ2v) is 3.89. The van der Waals surface area contributed by atoms with E-state index in [2.05, 4.69) is 16.4 Å². The topological polar surface area (TPSA) is 43.8 Å². The summed E-state index contributed by atoms with van der Waals surface area (Å²) in [7, 11) is 1.93. The largest absolute Gasteiger partial charge is 0.369 e. The van der Waals surface area contributed by atoms with Crippen molar-refractivity contribution in [3.05, 3.63) is 23.2 Å². The lowest BCUT2D eigenvalue weighted by molar-refractivity contribution is 0.940. The lowest BCUT2D eigenvalue weighted by Crippen LogP contribution is -1.97. The van der Waals surface area contributed by atoms with Crippen LogP contribution in [-0.2, 0) is 7.05 Å². The van der Waals surface area contributed by atoms with Crippen LogP contribution < -0.4 is 5.73 Å². The Morgan fingerprint density at radius 1 is 1.54 bits per heavy atom. The minimum Gasteiger partial charge on any atom is -0.369 e. The first kappa shape index (κ1) is 8.31. The van der Waals surface area contributed by atoms with Gasteiger partial charge in [0.2, 0.25) is 5.95 Å². The van der Waals surface area contributed by atoms with Gasteiger partial charge in [-0.3, -0.25) is 0 Å². The number of aromatic nitrogens is 2. The molecule has 0 spiro atoms. The standard InChI is InChI=1S/C9H11N3S/c1-6-8(7-4-3-5-13-7)12(2)9(10)11-6/h3-5H,1-2H3,(H2,10,11). The highest BCUT2D eigenvalue weighted by molar-refractivity contribution is 7.13. The maximum absolute atomic E-state index is 5.70. The van der Waals surface area contributed by atoms with E-state index in [1.165, 1.54) is 4.88 Å². The van der Waals surface area contributed by atoms with Crippen LogP contribution >= 0.6 is 11.3 Å². The molecule has 4 heteroatoms. The van der Waals surface area contributed by atoms with Gasteiger partial charge in [0, 0.05) is 7.05 Å². The lowest BCUT2D eigenvalue weighted by Gasteiger charge is -2.00. The Morgan fingerprint density at radius 3 is 2.77 bits per heavy atom. The first-order chi connectivity index (χ1) is 6.20. The molecule has 0 saturated carbocycles. The van der Waals surface area contributed by atoms with E-state index in [9.17, 15) is 0 Å². The molecule has 0 aliphatic heterocycles. The van der Waals surface area contributed by atoms with Crippen LogP contribution in [0, 0.1) is 6.92 Å². The molecule has 2 N–H and O–H groups in total. The van der Waals surface area contributed by atoms with E-state index in [4.69, 9.17) is 5.73 Å². The number of nitrogen functional groups attached to an aromatic ring is 1. The Kier molecular flexibility index (Phi) is 1.84. The number of hydrogen-bond acceptors (Lipinski definition) is 3. The molecule has 68 valence electrons. The van der Waals surface area contributed by atoms with Crippen molar-refractivity contribution in [2.75, 3.05) is 5.73 Å². The van der Waals surface area contributed by atoms with Crippen LogP contribution in [0.1, 0.15) is 5.69 Å². The van der Waals surface area contributed by atoms with E-state index in [0.29, 0.717) is 5.95 Å². The second-order valence-electron chi connectivity index (χ2n) is 2.94. The van der Waals surface area contributed by atoms with Crippen molar-refractivity contribution < 1.29 is 0 Å². The highest BCUT2D eigenvalue weighted by Crippen LogP contribution is 2.28. The van der Waals surface area contributed by atoms with Crippen molar-refractivity contribution in [1.29, 1.82) is 0 Å². The summed E-state index contributed by atoms with van der Waals surface area (Å²) in [4.78, 5) is 5.43. The van der Waals surface area contributed by atoms with E-state index in [1.807, 2.05) is 24.6 Å². The fraction of sp³-hybridized carbons (Fsp3) is 0.222. The Hall–Kier alpha value is -1.29. The van der Waals surface area contributed by atoms with Crippen molar-refractivity contribution in [2.24, 2.45) is 7.05 Å². The molecule has 2 heterocycles. The molecular formula is C9H11N3S. The molecule has 2 rings (SSSR count). The highest BCUT2D eigenvalue weighted by atomic mass is 32.1. The molecule has 0 fully saturated rings. The number of imidazole rings is 1. The monoisotopic (exact) mass is 193 g/mol. The lowest BCUT2D eigenvalue weighted by atomic mass is 10.3. The van der Waals surface area contributed by atoms with Gasteiger partial charge in [0.05, 0.1) is 16.3 Å². The molecular weight excluding hydrogens is 182 g/mol. The van der Waals surface area contributed by atoms with Crippen molar-refractivity contribution in [1.82, 2.24) is 9.55 Å². The quantitative estimate of drug-likeness (QED) is 0.753. The number of nitrogens with zero attached hydrogens (tertiary/aromatic N) is 2. The van der Waals surface area contributed by atoms with Crippen molar-refractivity contribution in [3.63, 3.8) is 0 Å². The number of nitrogens with two attached hydrogens (primary N) is 1. The zero-order valence-electron chi connectivity index (χ0n) is 7.61. The van der Waals surface area contributed by atoms with Crippen molar-refractivity contribution in [2.45, 2.75) is 6.92 Å². The zero-order chi connectivity index (χ0) is 9.42. The Bertz CT molecular complexity index is 414. The summed E-state index contributed by atoms with van der Waals surface area (Å²) in [6.07, 6.45) is 0. The summed E-state index contributed by atoms with van der Waals surface area (Å²) in [5, 5.41) is 2.05. The van der Waals surface area contributed by atoms with Crippen LogP contribution in [0.4, 0.5) is 5.95 Å². The number of anilines is 1. The predicted molar refractivity (Wildman–Crippen MR) is 55.7 cm³/mol. The molecule has 0 unspecified atom stereocenters. The zero-order valence-corrected chi connectivity index (χ0v) is 8.43. The summed E-state index contributed by atoms with van der Waals surface area (Å²) in [6, 6.07) is 4.11. The van der Waals surface area contributed by atoms with E-state index in [1.54, 1.807) is 11.3 Å². The average molecular weight is 193 g/mol. The summed E-state index contributed by atoms with van der Waals surface area (Å²) in [5.41, 5.74) is 7.81. The molecule has 2 aromatic rings. The molecule has 0 bridgehead atoms. The summed E-state index contributed by atoms with van der Waals surface area (Å²) in [5.74, 6) is 0.570. The van der Waals surface area contributed by atoms with E-state index < -0.39 is 0 Å². The maximum Gasteiger partial charge on any atom is 0.200 e. The van der Waals surface area contributed by atoms with Crippen LogP contribution in [-0.4, -0.2) is 9.55 Å². The first-order valence-electron chi connectivity index (χ1n) is 4.03. The summed E-state index contributed by atoms with van der Waals surface area (Å²) >= 11 is 1.70. The molecule has 0 aromatic carbocycles. The third kappa shape index (κ3) is 1.23. The third-order valence-electron chi connectivity index (χ3n) is 2.06. The molecule has 0 aliphatic carbocycles.